The Hall–Kier alpha value is -2.20. The van der Waals surface area contributed by atoms with Gasteiger partial charge < -0.3 is 10.6 Å². The molecule has 2 N–H and O–H groups in total. The topological polar surface area (TPSA) is 59.2 Å². The fraction of sp³-hybridized carbons (Fsp3) is 0.250. The summed E-state index contributed by atoms with van der Waals surface area (Å²) in [6, 6.07) is 15.0. The van der Waals surface area contributed by atoms with Crippen LogP contribution in [0.5, 0.6) is 0 Å². The van der Waals surface area contributed by atoms with E-state index in [0.29, 0.717) is 6.54 Å². The van der Waals surface area contributed by atoms with Gasteiger partial charge in [-0.15, -0.1) is 0 Å². The molecule has 0 fully saturated rings. The zero-order valence-electron chi connectivity index (χ0n) is 11.8. The van der Waals surface area contributed by atoms with Gasteiger partial charge in [0.05, 0.1) is 12.2 Å². The number of benzene rings is 1. The van der Waals surface area contributed by atoms with Gasteiger partial charge in [-0.05, 0) is 24.6 Å². The summed E-state index contributed by atoms with van der Waals surface area (Å²) in [4.78, 5) is 18.4. The van der Waals surface area contributed by atoms with E-state index in [1.165, 1.54) is 0 Å². The van der Waals surface area contributed by atoms with Crippen LogP contribution in [0, 0.1) is 0 Å². The van der Waals surface area contributed by atoms with Crippen molar-refractivity contribution in [2.45, 2.75) is 19.0 Å². The lowest BCUT2D eigenvalue weighted by Crippen LogP contribution is -2.49. The summed E-state index contributed by atoms with van der Waals surface area (Å²) in [7, 11) is 1.74. The van der Waals surface area contributed by atoms with Gasteiger partial charge in [-0.3, -0.25) is 9.78 Å². The quantitative estimate of drug-likeness (QED) is 0.922. The number of rotatable bonds is 4. The normalized spacial score (nSPS) is 13.6. The number of nitrogens with two attached hydrogens (primary N) is 1. The maximum absolute atomic E-state index is 12.5. The number of carbonyl (C=O) groups is 1. The molecule has 104 valence electrons. The molecule has 4 heteroatoms. The van der Waals surface area contributed by atoms with Crippen molar-refractivity contribution in [3.8, 4) is 0 Å². The van der Waals surface area contributed by atoms with Crippen LogP contribution in [0.25, 0.3) is 0 Å². The smallest absolute Gasteiger partial charge is 0.247 e. The molecule has 2 aromatic rings. The second-order valence-corrected chi connectivity index (χ2v) is 5.05. The zero-order chi connectivity index (χ0) is 14.6. The van der Waals surface area contributed by atoms with Crippen LogP contribution in [0.4, 0.5) is 0 Å². The van der Waals surface area contributed by atoms with Crippen LogP contribution >= 0.6 is 0 Å². The average Bonchev–Trinajstić information content (AvgIpc) is 2.48. The van der Waals surface area contributed by atoms with Crippen molar-refractivity contribution in [1.29, 1.82) is 0 Å². The Balaban J connectivity index is 2.14. The van der Waals surface area contributed by atoms with Crippen LogP contribution in [0.2, 0.25) is 0 Å². The SMILES string of the molecule is CN(Cc1ccccn1)C(=O)C(C)(N)c1ccccc1. The Kier molecular flexibility index (Phi) is 4.15. The Labute approximate surface area is 119 Å². The summed E-state index contributed by atoms with van der Waals surface area (Å²) in [6.45, 7) is 2.18. The van der Waals surface area contributed by atoms with Crippen LogP contribution in [-0.4, -0.2) is 22.8 Å². The van der Waals surface area contributed by atoms with Gasteiger partial charge in [-0.25, -0.2) is 0 Å². The molecule has 2 rings (SSSR count). The van der Waals surface area contributed by atoms with Crippen molar-refractivity contribution in [2.24, 2.45) is 5.73 Å². The second kappa shape index (κ2) is 5.84. The first-order valence-corrected chi connectivity index (χ1v) is 6.51. The molecule has 1 unspecified atom stereocenters. The van der Waals surface area contributed by atoms with Gasteiger partial charge in [-0.1, -0.05) is 36.4 Å². The molecule has 0 aliphatic rings. The summed E-state index contributed by atoms with van der Waals surface area (Å²) in [5, 5.41) is 0. The number of hydrogen-bond donors (Lipinski definition) is 1. The van der Waals surface area contributed by atoms with Crippen LogP contribution < -0.4 is 5.73 Å². The minimum absolute atomic E-state index is 0.130. The third-order valence-electron chi connectivity index (χ3n) is 3.29. The summed E-state index contributed by atoms with van der Waals surface area (Å²) < 4.78 is 0. The van der Waals surface area contributed by atoms with Gasteiger partial charge in [0, 0.05) is 13.2 Å². The maximum atomic E-state index is 12.5. The number of amides is 1. The molecule has 0 saturated heterocycles. The standard InChI is InChI=1S/C16H19N3O/c1-16(17,13-8-4-3-5-9-13)15(20)19(2)12-14-10-6-7-11-18-14/h3-11H,12,17H2,1-2H3. The van der Waals surface area contributed by atoms with E-state index in [-0.39, 0.29) is 5.91 Å². The maximum Gasteiger partial charge on any atom is 0.247 e. The van der Waals surface area contributed by atoms with E-state index < -0.39 is 5.54 Å². The summed E-state index contributed by atoms with van der Waals surface area (Å²) in [5.74, 6) is -0.130. The van der Waals surface area contributed by atoms with Crippen molar-refractivity contribution in [2.75, 3.05) is 7.05 Å². The Morgan fingerprint density at radius 1 is 1.20 bits per heavy atom. The first kappa shape index (κ1) is 14.2. The number of nitrogens with zero attached hydrogens (tertiary/aromatic N) is 2. The molecule has 4 nitrogen and oxygen atoms in total. The summed E-state index contributed by atoms with van der Waals surface area (Å²) in [6.07, 6.45) is 1.71. The molecule has 0 aliphatic heterocycles. The van der Waals surface area contributed by atoms with Crippen molar-refractivity contribution >= 4 is 5.91 Å². The zero-order valence-corrected chi connectivity index (χ0v) is 11.8. The van der Waals surface area contributed by atoms with Gasteiger partial charge >= 0.3 is 0 Å². The van der Waals surface area contributed by atoms with Crippen LogP contribution in [0.15, 0.2) is 54.7 Å². The highest BCUT2D eigenvalue weighted by atomic mass is 16.2. The Bertz CT molecular complexity index is 567. The average molecular weight is 269 g/mol. The van der Waals surface area contributed by atoms with Gasteiger partial charge in [-0.2, -0.15) is 0 Å². The number of aromatic nitrogens is 1. The molecule has 0 aliphatic carbocycles. The number of pyridine rings is 1. The van der Waals surface area contributed by atoms with E-state index in [9.17, 15) is 4.79 Å². The summed E-state index contributed by atoms with van der Waals surface area (Å²) in [5.41, 5.74) is 6.83. The predicted molar refractivity (Wildman–Crippen MR) is 78.7 cm³/mol. The summed E-state index contributed by atoms with van der Waals surface area (Å²) >= 11 is 0. The van der Waals surface area contributed by atoms with Crippen molar-refractivity contribution in [3.05, 3.63) is 66.0 Å². The fourth-order valence-corrected chi connectivity index (χ4v) is 2.11. The molecule has 1 amide bonds. The largest absolute Gasteiger partial charge is 0.338 e. The minimum atomic E-state index is -1.04. The van der Waals surface area contributed by atoms with Crippen LogP contribution in [-0.2, 0) is 16.9 Å². The van der Waals surface area contributed by atoms with E-state index in [1.807, 2.05) is 48.5 Å². The minimum Gasteiger partial charge on any atom is -0.338 e. The molecule has 0 spiro atoms. The molecule has 1 atom stereocenters. The molecule has 0 saturated carbocycles. The highest BCUT2D eigenvalue weighted by Gasteiger charge is 2.32. The Morgan fingerprint density at radius 2 is 1.85 bits per heavy atom. The molecule has 0 radical (unpaired) electrons. The van der Waals surface area contributed by atoms with Crippen molar-refractivity contribution in [1.82, 2.24) is 9.88 Å². The van der Waals surface area contributed by atoms with Crippen molar-refractivity contribution in [3.63, 3.8) is 0 Å². The molecule has 1 aromatic heterocycles. The van der Waals surface area contributed by atoms with E-state index in [4.69, 9.17) is 5.73 Å². The third kappa shape index (κ3) is 3.03. The van der Waals surface area contributed by atoms with E-state index in [1.54, 1.807) is 25.1 Å². The lowest BCUT2D eigenvalue weighted by atomic mass is 9.92. The van der Waals surface area contributed by atoms with Gasteiger partial charge in [0.15, 0.2) is 0 Å². The molecule has 1 heterocycles. The molecule has 1 aromatic carbocycles. The molecule has 20 heavy (non-hydrogen) atoms. The van der Waals surface area contributed by atoms with Crippen LogP contribution in [0.1, 0.15) is 18.2 Å². The van der Waals surface area contributed by atoms with Gasteiger partial charge in [0.25, 0.3) is 0 Å². The second-order valence-electron chi connectivity index (χ2n) is 5.05. The highest BCUT2D eigenvalue weighted by molar-refractivity contribution is 5.86. The first-order chi connectivity index (χ1) is 9.51. The van der Waals surface area contributed by atoms with E-state index >= 15 is 0 Å². The van der Waals surface area contributed by atoms with Gasteiger partial charge in [0.1, 0.15) is 5.54 Å². The van der Waals surface area contributed by atoms with E-state index in [2.05, 4.69) is 4.98 Å². The first-order valence-electron chi connectivity index (χ1n) is 6.51. The number of carbonyl (C=O) groups excluding carboxylic acids is 1. The lowest BCUT2D eigenvalue weighted by Gasteiger charge is -2.29. The predicted octanol–water partition coefficient (Wildman–Crippen LogP) is 1.91. The van der Waals surface area contributed by atoms with Crippen molar-refractivity contribution < 1.29 is 4.79 Å². The monoisotopic (exact) mass is 269 g/mol. The van der Waals surface area contributed by atoms with E-state index in [0.717, 1.165) is 11.3 Å². The molecular formula is C16H19N3O. The Morgan fingerprint density at radius 3 is 2.45 bits per heavy atom. The highest BCUT2D eigenvalue weighted by Crippen LogP contribution is 2.20. The third-order valence-corrected chi connectivity index (χ3v) is 3.29. The lowest BCUT2D eigenvalue weighted by molar-refractivity contribution is -0.136. The van der Waals surface area contributed by atoms with Gasteiger partial charge in [0.2, 0.25) is 5.91 Å². The molecule has 0 bridgehead atoms. The molecular weight excluding hydrogens is 250 g/mol. The number of hydrogen-bond acceptors (Lipinski definition) is 3. The fourth-order valence-electron chi connectivity index (χ4n) is 2.11. The number of likely N-dealkylation sites (N-methyl/N-ethyl adjacent to an activating group) is 1. The van der Waals surface area contributed by atoms with Crippen LogP contribution in [0.3, 0.4) is 0 Å².